The van der Waals surface area contributed by atoms with Crippen LogP contribution in [0.2, 0.25) is 0 Å². The van der Waals surface area contributed by atoms with E-state index in [1.165, 1.54) is 218 Å². The number of aliphatic hydroxyl groups is 1. The molecule has 7 heteroatoms. The molecule has 7 nitrogen and oxygen atoms in total. The van der Waals surface area contributed by atoms with Crippen LogP contribution in [0, 0.1) is 0 Å². The standard InChI is InChI=1S/C55H105N3O2.C2H6O.C2H6.H2O.2H2/c1-9-15-18-21-26-33-41-51(12-4)59-52(13-5)42-34-29-24-31-38-47-58(49-40-46-57-55(56)50(7)8)48-39-32-25-30-35-43-53(14-6)60-54(44-36-27-22-19-16-10-2)45-37-28-23-20-17-11-3;1-2-3;1-2;;;/h13,51,54H,6-7,9-12,15-49H2,1-5,8H3,(H2,56,57);3H,2H2,1H3;1-2H3;1H2;2*1H/b52-13+;;;;;. The third-order valence-electron chi connectivity index (χ3n) is 12.4. The molecule has 0 aromatic heterocycles. The van der Waals surface area contributed by atoms with Gasteiger partial charge in [-0.05, 0) is 129 Å². The molecule has 0 spiro atoms. The van der Waals surface area contributed by atoms with Crippen molar-refractivity contribution < 1.29 is 22.9 Å². The Morgan fingerprint density at radius 1 is 0.606 bits per heavy atom. The molecule has 0 aliphatic carbocycles. The normalized spacial score (nSPS) is 11.9. The lowest BCUT2D eigenvalue weighted by molar-refractivity contribution is 0.0890. The summed E-state index contributed by atoms with van der Waals surface area (Å²) in [6.07, 6.45) is 47.6. The van der Waals surface area contributed by atoms with E-state index in [0.29, 0.717) is 18.0 Å². The Kier molecular flexibility index (Phi) is 63.1. The molecule has 66 heavy (non-hydrogen) atoms. The second-order valence-corrected chi connectivity index (χ2v) is 18.5. The molecule has 0 heterocycles. The Bertz CT molecular complexity index is 1080. The highest BCUT2D eigenvalue weighted by molar-refractivity contribution is 5.95. The molecule has 0 saturated carbocycles. The van der Waals surface area contributed by atoms with Crippen molar-refractivity contribution in [3.8, 4) is 0 Å². The van der Waals surface area contributed by atoms with Crippen molar-refractivity contribution in [1.82, 2.24) is 4.90 Å². The molecule has 5 N–H and O–H groups in total. The second kappa shape index (κ2) is 59.1. The molecular weight excluding hydrogens is 815 g/mol. The summed E-state index contributed by atoms with van der Waals surface area (Å²) in [4.78, 5) is 7.24. The molecule has 0 aliphatic rings. The van der Waals surface area contributed by atoms with Crippen molar-refractivity contribution in [2.24, 2.45) is 10.7 Å². The summed E-state index contributed by atoms with van der Waals surface area (Å²) in [5.41, 5.74) is 10.1. The monoisotopic (exact) mass is 938 g/mol. The summed E-state index contributed by atoms with van der Waals surface area (Å²) in [5.74, 6) is 2.82. The summed E-state index contributed by atoms with van der Waals surface area (Å²) < 4.78 is 13.1. The number of nitrogens with two attached hydrogens (primary N) is 1. The number of rotatable bonds is 47. The Hall–Kier alpha value is -2.05. The molecule has 0 aliphatic heterocycles. The molecular formula is C59H123N3O4. The van der Waals surface area contributed by atoms with E-state index in [-0.39, 0.29) is 14.9 Å². The predicted octanol–water partition coefficient (Wildman–Crippen LogP) is 18.0. The van der Waals surface area contributed by atoms with E-state index in [9.17, 15) is 0 Å². The van der Waals surface area contributed by atoms with E-state index in [4.69, 9.17) is 20.3 Å². The lowest BCUT2D eigenvalue weighted by atomic mass is 10.0. The van der Waals surface area contributed by atoms with Crippen molar-refractivity contribution in [1.29, 1.82) is 0 Å². The first-order valence-electron chi connectivity index (χ1n) is 28.4. The minimum atomic E-state index is 0. The lowest BCUT2D eigenvalue weighted by Gasteiger charge is -2.22. The summed E-state index contributed by atoms with van der Waals surface area (Å²) in [5, 5.41) is 7.57. The first-order valence-corrected chi connectivity index (χ1v) is 28.4. The van der Waals surface area contributed by atoms with Crippen LogP contribution in [0.15, 0.2) is 47.0 Å². The summed E-state index contributed by atoms with van der Waals surface area (Å²) in [6.45, 7) is 31.4. The third-order valence-corrected chi connectivity index (χ3v) is 12.4. The van der Waals surface area contributed by atoms with Crippen molar-refractivity contribution in [3.63, 3.8) is 0 Å². The van der Waals surface area contributed by atoms with Crippen LogP contribution < -0.4 is 5.73 Å². The maximum Gasteiger partial charge on any atom is 0.138 e. The van der Waals surface area contributed by atoms with Gasteiger partial charge in [0.15, 0.2) is 0 Å². The number of ether oxygens (including phenoxy) is 2. The van der Waals surface area contributed by atoms with Crippen LogP contribution in [0.1, 0.15) is 290 Å². The van der Waals surface area contributed by atoms with Crippen LogP contribution in [0.25, 0.3) is 0 Å². The Labute approximate surface area is 417 Å². The van der Waals surface area contributed by atoms with Crippen molar-refractivity contribution in [2.45, 2.75) is 299 Å². The van der Waals surface area contributed by atoms with Crippen LogP contribution >= 0.6 is 0 Å². The quantitative estimate of drug-likeness (QED) is 0.0208. The van der Waals surface area contributed by atoms with Crippen molar-refractivity contribution in [3.05, 3.63) is 42.1 Å². The first kappa shape index (κ1) is 70.5. The molecule has 0 amide bonds. The molecule has 0 rings (SSSR count). The van der Waals surface area contributed by atoms with Gasteiger partial charge in [0.2, 0.25) is 0 Å². The number of aliphatic hydroxyl groups excluding tert-OH is 1. The van der Waals surface area contributed by atoms with E-state index in [1.807, 2.05) is 20.8 Å². The van der Waals surface area contributed by atoms with Gasteiger partial charge in [0, 0.05) is 28.8 Å². The van der Waals surface area contributed by atoms with Gasteiger partial charge in [0.25, 0.3) is 0 Å². The molecule has 0 aromatic rings. The van der Waals surface area contributed by atoms with Gasteiger partial charge in [0.05, 0.1) is 18.0 Å². The number of unbranched alkanes of at least 4 members (excludes halogenated alkanes) is 23. The van der Waals surface area contributed by atoms with Gasteiger partial charge in [-0.3, -0.25) is 4.99 Å². The average Bonchev–Trinajstić information content (AvgIpc) is 3.31. The summed E-state index contributed by atoms with van der Waals surface area (Å²) >= 11 is 0. The zero-order chi connectivity index (χ0) is 48.9. The Balaban J connectivity index is -0.00000115. The highest BCUT2D eigenvalue weighted by Crippen LogP contribution is 2.23. The number of nitrogens with zero attached hydrogens (tertiary/aromatic N) is 2. The minimum Gasteiger partial charge on any atom is -0.495 e. The fraction of sp³-hybridized carbons (Fsp3) is 0.864. The zero-order valence-corrected chi connectivity index (χ0v) is 46.2. The highest BCUT2D eigenvalue weighted by Gasteiger charge is 2.13. The van der Waals surface area contributed by atoms with Crippen LogP contribution in [0.3, 0.4) is 0 Å². The maximum absolute atomic E-state index is 7.57. The molecule has 0 bridgehead atoms. The van der Waals surface area contributed by atoms with E-state index >= 15 is 0 Å². The molecule has 398 valence electrons. The lowest BCUT2D eigenvalue weighted by Crippen LogP contribution is -2.28. The SMILES string of the molecule is C=C=C(CCCCCCCN(CCCCCCC/C(=C\C)OC(CC)CCCCCCCC)CCCN=C(N)C(=C)C)OC(CCCCCCCC)CCCCCCCC.CC.CCO.O.[HH].[HH]. The summed E-state index contributed by atoms with van der Waals surface area (Å²) in [6, 6.07) is 0. The minimum absolute atomic E-state index is 0. The number of hydrogen-bond donors (Lipinski definition) is 2. The number of aliphatic imine (C=N–C) groups is 1. The van der Waals surface area contributed by atoms with Crippen LogP contribution in [0.4, 0.5) is 0 Å². The maximum atomic E-state index is 7.57. The van der Waals surface area contributed by atoms with Gasteiger partial charge in [-0.25, -0.2) is 0 Å². The van der Waals surface area contributed by atoms with E-state index in [1.54, 1.807) is 6.92 Å². The summed E-state index contributed by atoms with van der Waals surface area (Å²) in [7, 11) is 0. The van der Waals surface area contributed by atoms with Crippen molar-refractivity contribution >= 4 is 5.84 Å². The number of allylic oxidation sites excluding steroid dienone is 3. The zero-order valence-electron chi connectivity index (χ0n) is 46.2. The Morgan fingerprint density at radius 3 is 1.39 bits per heavy atom. The molecule has 0 aromatic carbocycles. The van der Waals surface area contributed by atoms with Gasteiger partial charge < -0.3 is 30.7 Å². The topological polar surface area (TPSA) is 112 Å². The van der Waals surface area contributed by atoms with Gasteiger partial charge in [-0.2, -0.15) is 0 Å². The number of hydrogen-bond acceptors (Lipinski definition) is 5. The molecule has 0 radical (unpaired) electrons. The van der Waals surface area contributed by atoms with E-state index in [2.05, 4.69) is 69.5 Å². The van der Waals surface area contributed by atoms with Crippen LogP contribution in [0.5, 0.6) is 0 Å². The Morgan fingerprint density at radius 2 is 0.985 bits per heavy atom. The van der Waals surface area contributed by atoms with Gasteiger partial charge >= 0.3 is 0 Å². The van der Waals surface area contributed by atoms with E-state index < -0.39 is 0 Å². The fourth-order valence-corrected chi connectivity index (χ4v) is 8.22. The van der Waals surface area contributed by atoms with Gasteiger partial charge in [-0.1, -0.05) is 195 Å². The first-order chi connectivity index (χ1) is 31.8. The molecule has 1 unspecified atom stereocenters. The van der Waals surface area contributed by atoms with E-state index in [0.717, 1.165) is 50.1 Å². The molecule has 0 fully saturated rings. The highest BCUT2D eigenvalue weighted by atomic mass is 16.5. The second-order valence-electron chi connectivity index (χ2n) is 18.5. The smallest absolute Gasteiger partial charge is 0.138 e. The fourth-order valence-electron chi connectivity index (χ4n) is 8.22. The van der Waals surface area contributed by atoms with Crippen LogP contribution in [-0.2, 0) is 9.47 Å². The van der Waals surface area contributed by atoms with Gasteiger partial charge in [-0.15, -0.1) is 0 Å². The van der Waals surface area contributed by atoms with Crippen LogP contribution in [-0.4, -0.2) is 66.3 Å². The molecule has 1 atom stereocenters. The number of amidine groups is 1. The average molecular weight is 939 g/mol. The van der Waals surface area contributed by atoms with Crippen molar-refractivity contribution in [2.75, 3.05) is 32.8 Å². The molecule has 0 saturated heterocycles. The van der Waals surface area contributed by atoms with Gasteiger partial charge in [0.1, 0.15) is 11.6 Å². The third kappa shape index (κ3) is 51.3. The predicted molar refractivity (Wildman–Crippen MR) is 300 cm³/mol. The largest absolute Gasteiger partial charge is 0.495 e.